The summed E-state index contributed by atoms with van der Waals surface area (Å²) >= 11 is 0. The van der Waals surface area contributed by atoms with Crippen LogP contribution in [0.2, 0.25) is 0 Å². The van der Waals surface area contributed by atoms with Crippen LogP contribution in [0.25, 0.3) is 0 Å². The first-order chi connectivity index (χ1) is 10.1. The van der Waals surface area contributed by atoms with E-state index in [0.717, 1.165) is 24.2 Å². The van der Waals surface area contributed by atoms with E-state index < -0.39 is 0 Å². The molecular formula is C18H29FN2. The Hall–Kier alpha value is -1.09. The first-order valence-electron chi connectivity index (χ1n) is 8.39. The van der Waals surface area contributed by atoms with Crippen LogP contribution in [0.1, 0.15) is 64.0 Å². The first kappa shape index (κ1) is 16.3. The second-order valence-corrected chi connectivity index (χ2v) is 6.26. The molecule has 0 amide bonds. The molecule has 0 radical (unpaired) electrons. The maximum Gasteiger partial charge on any atom is 0.146 e. The molecule has 1 saturated carbocycles. The van der Waals surface area contributed by atoms with Gasteiger partial charge < -0.3 is 10.2 Å². The highest BCUT2D eigenvalue weighted by atomic mass is 19.1. The lowest BCUT2D eigenvalue weighted by molar-refractivity contribution is 0.422. The summed E-state index contributed by atoms with van der Waals surface area (Å²) in [6.07, 6.45) is 7.31. The molecule has 21 heavy (non-hydrogen) atoms. The Morgan fingerprint density at radius 3 is 2.67 bits per heavy atom. The Bertz CT molecular complexity index is 441. The summed E-state index contributed by atoms with van der Waals surface area (Å²) in [5, 5.41) is 3.48. The molecule has 0 heterocycles. The number of rotatable bonds is 6. The van der Waals surface area contributed by atoms with Crippen LogP contribution in [0.5, 0.6) is 0 Å². The molecule has 1 N–H and O–H groups in total. The average molecular weight is 292 g/mol. The van der Waals surface area contributed by atoms with E-state index in [1.165, 1.54) is 32.1 Å². The number of hydrogen-bond acceptors (Lipinski definition) is 2. The van der Waals surface area contributed by atoms with E-state index in [1.807, 2.05) is 6.07 Å². The molecule has 1 aliphatic rings. The highest BCUT2D eigenvalue weighted by Gasteiger charge is 2.24. The molecule has 0 aromatic heterocycles. The van der Waals surface area contributed by atoms with Crippen molar-refractivity contribution in [3.63, 3.8) is 0 Å². The molecule has 1 aromatic carbocycles. The third kappa shape index (κ3) is 3.97. The predicted octanol–water partition coefficient (Wildman–Crippen LogP) is 4.66. The minimum Gasteiger partial charge on any atom is -0.369 e. The zero-order valence-electron chi connectivity index (χ0n) is 13.7. The van der Waals surface area contributed by atoms with Crippen LogP contribution in [0.3, 0.4) is 0 Å². The van der Waals surface area contributed by atoms with Gasteiger partial charge in [0.1, 0.15) is 5.82 Å². The summed E-state index contributed by atoms with van der Waals surface area (Å²) < 4.78 is 14.5. The number of anilines is 1. The summed E-state index contributed by atoms with van der Waals surface area (Å²) in [5.74, 6) is -0.0919. The van der Waals surface area contributed by atoms with Crippen molar-refractivity contribution in [3.05, 3.63) is 29.6 Å². The van der Waals surface area contributed by atoms with Gasteiger partial charge in [-0.25, -0.2) is 4.39 Å². The van der Waals surface area contributed by atoms with E-state index in [-0.39, 0.29) is 11.9 Å². The Labute approximate surface area is 128 Å². The number of nitrogens with one attached hydrogen (secondary N) is 1. The number of hydrogen-bond donors (Lipinski definition) is 1. The minimum absolute atomic E-state index is 0.0919. The molecule has 118 valence electrons. The van der Waals surface area contributed by atoms with Crippen molar-refractivity contribution in [1.82, 2.24) is 5.32 Å². The predicted molar refractivity (Wildman–Crippen MR) is 88.4 cm³/mol. The number of nitrogens with zero attached hydrogens (tertiary/aromatic N) is 1. The van der Waals surface area contributed by atoms with Crippen molar-refractivity contribution < 1.29 is 4.39 Å². The molecule has 0 spiro atoms. The van der Waals surface area contributed by atoms with E-state index in [9.17, 15) is 4.39 Å². The largest absolute Gasteiger partial charge is 0.369 e. The van der Waals surface area contributed by atoms with Crippen LogP contribution >= 0.6 is 0 Å². The highest BCUT2D eigenvalue weighted by Crippen LogP contribution is 2.33. The fourth-order valence-electron chi connectivity index (χ4n) is 3.38. The van der Waals surface area contributed by atoms with Crippen LogP contribution in [0.4, 0.5) is 10.1 Å². The van der Waals surface area contributed by atoms with Crippen LogP contribution in [-0.2, 0) is 0 Å². The summed E-state index contributed by atoms with van der Waals surface area (Å²) in [4.78, 5) is 2.19. The van der Waals surface area contributed by atoms with E-state index in [1.54, 1.807) is 6.07 Å². The lowest BCUT2D eigenvalue weighted by Gasteiger charge is -2.35. The Balaban J connectivity index is 2.23. The van der Waals surface area contributed by atoms with Gasteiger partial charge in [-0.3, -0.25) is 0 Å². The van der Waals surface area contributed by atoms with Crippen LogP contribution in [-0.4, -0.2) is 19.6 Å². The zero-order valence-corrected chi connectivity index (χ0v) is 13.7. The normalized spacial score (nSPS) is 17.7. The monoisotopic (exact) mass is 292 g/mol. The van der Waals surface area contributed by atoms with Gasteiger partial charge in [0, 0.05) is 19.1 Å². The van der Waals surface area contributed by atoms with Gasteiger partial charge in [-0.2, -0.15) is 0 Å². The maximum absolute atomic E-state index is 14.5. The summed E-state index contributed by atoms with van der Waals surface area (Å²) in [7, 11) is 2.06. The van der Waals surface area contributed by atoms with Gasteiger partial charge in [0.05, 0.1) is 5.69 Å². The standard InChI is InChI=1S/C18H29FN2/c1-4-13-20-14(2)16-11-8-12-17(19)18(16)21(3)15-9-6-5-7-10-15/h8,11-12,14-15,20H,4-7,9-10,13H2,1-3H3. The second-order valence-electron chi connectivity index (χ2n) is 6.26. The lowest BCUT2D eigenvalue weighted by atomic mass is 9.93. The maximum atomic E-state index is 14.5. The zero-order chi connectivity index (χ0) is 15.2. The van der Waals surface area contributed by atoms with E-state index in [0.29, 0.717) is 6.04 Å². The lowest BCUT2D eigenvalue weighted by Crippen LogP contribution is -2.35. The van der Waals surface area contributed by atoms with Gasteiger partial charge in [0.25, 0.3) is 0 Å². The van der Waals surface area contributed by atoms with E-state index in [4.69, 9.17) is 0 Å². The van der Waals surface area contributed by atoms with Gasteiger partial charge in [-0.1, -0.05) is 38.3 Å². The third-order valence-electron chi connectivity index (χ3n) is 4.66. The molecule has 0 bridgehead atoms. The highest BCUT2D eigenvalue weighted by molar-refractivity contribution is 5.56. The van der Waals surface area contributed by atoms with Crippen molar-refractivity contribution in [2.24, 2.45) is 0 Å². The summed E-state index contributed by atoms with van der Waals surface area (Å²) in [5.41, 5.74) is 1.87. The Morgan fingerprint density at radius 1 is 1.29 bits per heavy atom. The molecule has 1 fully saturated rings. The first-order valence-corrected chi connectivity index (χ1v) is 8.39. The van der Waals surface area contributed by atoms with Gasteiger partial charge in [-0.15, -0.1) is 0 Å². The van der Waals surface area contributed by atoms with Crippen molar-refractivity contribution in [2.45, 2.75) is 64.5 Å². The molecule has 2 nitrogen and oxygen atoms in total. The fraction of sp³-hybridized carbons (Fsp3) is 0.667. The molecule has 0 saturated heterocycles. The van der Waals surface area contributed by atoms with Crippen LogP contribution in [0, 0.1) is 5.82 Å². The Kier molecular flexibility index (Phi) is 6.04. The van der Waals surface area contributed by atoms with Gasteiger partial charge in [0.2, 0.25) is 0 Å². The molecule has 0 aliphatic heterocycles. The molecule has 3 heteroatoms. The van der Waals surface area contributed by atoms with Crippen molar-refractivity contribution >= 4 is 5.69 Å². The molecule has 2 rings (SSSR count). The molecule has 1 aromatic rings. The van der Waals surface area contributed by atoms with Crippen LogP contribution in [0.15, 0.2) is 18.2 Å². The molecule has 1 atom stereocenters. The smallest absolute Gasteiger partial charge is 0.146 e. The van der Waals surface area contributed by atoms with E-state index in [2.05, 4.69) is 37.2 Å². The Morgan fingerprint density at radius 2 is 2.00 bits per heavy atom. The van der Waals surface area contributed by atoms with Crippen molar-refractivity contribution in [3.8, 4) is 0 Å². The molecular weight excluding hydrogens is 263 g/mol. The number of halogens is 1. The second kappa shape index (κ2) is 7.79. The van der Waals surface area contributed by atoms with Crippen molar-refractivity contribution in [1.29, 1.82) is 0 Å². The fourth-order valence-corrected chi connectivity index (χ4v) is 3.38. The quantitative estimate of drug-likeness (QED) is 0.820. The van der Waals surface area contributed by atoms with Crippen LogP contribution < -0.4 is 10.2 Å². The minimum atomic E-state index is -0.0919. The molecule has 1 aliphatic carbocycles. The van der Waals surface area contributed by atoms with Crippen molar-refractivity contribution in [2.75, 3.05) is 18.5 Å². The molecule has 1 unspecified atom stereocenters. The van der Waals surface area contributed by atoms with Gasteiger partial charge >= 0.3 is 0 Å². The third-order valence-corrected chi connectivity index (χ3v) is 4.66. The summed E-state index contributed by atoms with van der Waals surface area (Å²) in [6.45, 7) is 5.24. The average Bonchev–Trinajstić information content (AvgIpc) is 2.52. The van der Waals surface area contributed by atoms with Gasteiger partial charge in [0.15, 0.2) is 0 Å². The van der Waals surface area contributed by atoms with E-state index >= 15 is 0 Å². The number of benzene rings is 1. The van der Waals surface area contributed by atoms with Gasteiger partial charge in [-0.05, 0) is 44.4 Å². The SMILES string of the molecule is CCCNC(C)c1cccc(F)c1N(C)C1CCCCC1. The summed E-state index contributed by atoms with van der Waals surface area (Å²) in [6, 6.07) is 6.14. The topological polar surface area (TPSA) is 15.3 Å². The number of para-hydroxylation sites is 1.